The highest BCUT2D eigenvalue weighted by Crippen LogP contribution is 2.48. The smallest absolute Gasteiger partial charge is 0.246 e. The number of carbonyl (C=O) groups is 5. The quantitative estimate of drug-likeness (QED) is 0.0516. The molecule has 1 unspecified atom stereocenters. The van der Waals surface area contributed by atoms with Crippen LogP contribution in [0.1, 0.15) is 70.6 Å². The number of aryl methyl sites for hydroxylation is 1. The van der Waals surface area contributed by atoms with Crippen molar-refractivity contribution >= 4 is 68.8 Å². The van der Waals surface area contributed by atoms with Crippen LogP contribution < -0.4 is 35.6 Å². The Morgan fingerprint density at radius 3 is 2.17 bits per heavy atom. The molecule has 2 aromatic heterocycles. The van der Waals surface area contributed by atoms with Crippen molar-refractivity contribution in [1.29, 1.82) is 0 Å². The first kappa shape index (κ1) is 53.3. The fraction of sp³-hybridized carbons (Fsp3) is 0.386. The molecular weight excluding hydrogens is 992 g/mol. The third kappa shape index (κ3) is 12.3. The van der Waals surface area contributed by atoms with Crippen LogP contribution in [0.3, 0.4) is 0 Å². The van der Waals surface area contributed by atoms with Gasteiger partial charge in [-0.2, -0.15) is 0 Å². The number of nitrogens with zero attached hydrogens (tertiary/aromatic N) is 4. The first-order chi connectivity index (χ1) is 36.5. The lowest BCUT2D eigenvalue weighted by molar-refractivity contribution is -0.144. The number of pyridine rings is 1. The molecule has 6 aromatic rings. The SMILES string of the molecule is COc1cc2c(Oc3ccc(NC(=O)C4(C(=O)Nc5ccc(F)cc5)CC4)cc3)ccnc2cc1N1CCC(OCCC(=O)N[C@H](C(=O)N2C[C@H](O)CC2C(=O)NCc2ccc(-c3scnc3C)cc2)C(C)(C)C)CC1. The number of anilines is 3. The summed E-state index contributed by atoms with van der Waals surface area (Å²) in [6.45, 7) is 9.24. The zero-order valence-corrected chi connectivity index (χ0v) is 44.0. The summed E-state index contributed by atoms with van der Waals surface area (Å²) in [7, 11) is 1.61. The summed E-state index contributed by atoms with van der Waals surface area (Å²) in [6, 6.07) is 23.9. The van der Waals surface area contributed by atoms with Crippen molar-refractivity contribution in [3.63, 3.8) is 0 Å². The molecule has 19 heteroatoms. The van der Waals surface area contributed by atoms with Crippen molar-refractivity contribution in [2.45, 2.75) is 97.1 Å². The molecule has 2 aliphatic heterocycles. The summed E-state index contributed by atoms with van der Waals surface area (Å²) >= 11 is 1.57. The zero-order valence-electron chi connectivity index (χ0n) is 43.2. The second-order valence-corrected chi connectivity index (χ2v) is 21.6. The van der Waals surface area contributed by atoms with Crippen molar-refractivity contribution in [2.24, 2.45) is 10.8 Å². The number of hydrogen-bond acceptors (Lipinski definition) is 13. The van der Waals surface area contributed by atoms with Crippen LogP contribution in [0.15, 0.2) is 103 Å². The molecule has 5 amide bonds. The minimum atomic E-state index is -1.20. The van der Waals surface area contributed by atoms with Gasteiger partial charge in [0.05, 0.1) is 53.2 Å². The first-order valence-electron chi connectivity index (χ1n) is 25.5. The van der Waals surface area contributed by atoms with E-state index in [2.05, 4.69) is 36.1 Å². The van der Waals surface area contributed by atoms with Crippen molar-refractivity contribution < 1.29 is 47.7 Å². The number of aromatic nitrogens is 2. The fourth-order valence-corrected chi connectivity index (χ4v) is 10.5. The molecule has 76 heavy (non-hydrogen) atoms. The lowest BCUT2D eigenvalue weighted by Crippen LogP contribution is -2.57. The van der Waals surface area contributed by atoms with E-state index in [9.17, 15) is 33.5 Å². The number of hydrogen-bond donors (Lipinski definition) is 5. The molecule has 4 aromatic carbocycles. The van der Waals surface area contributed by atoms with Crippen LogP contribution in [0.25, 0.3) is 21.3 Å². The summed E-state index contributed by atoms with van der Waals surface area (Å²) in [6.07, 6.45) is 3.02. The number of β-amino-alcohol motifs (C(OH)–C–C–N with tert-alkyl or cyclic N) is 1. The number of nitrogens with one attached hydrogen (secondary N) is 4. The highest BCUT2D eigenvalue weighted by Gasteiger charge is 2.56. The molecule has 5 N–H and O–H groups in total. The van der Waals surface area contributed by atoms with Gasteiger partial charge >= 0.3 is 0 Å². The van der Waals surface area contributed by atoms with Crippen molar-refractivity contribution in [3.05, 3.63) is 120 Å². The van der Waals surface area contributed by atoms with Crippen LogP contribution in [-0.2, 0) is 35.3 Å². The molecule has 0 spiro atoms. The second kappa shape index (κ2) is 22.8. The Hall–Kier alpha value is -7.48. The van der Waals surface area contributed by atoms with E-state index >= 15 is 0 Å². The number of halogens is 1. The number of rotatable bonds is 18. The molecule has 4 heterocycles. The van der Waals surface area contributed by atoms with Crippen molar-refractivity contribution in [1.82, 2.24) is 25.5 Å². The van der Waals surface area contributed by atoms with Gasteiger partial charge in [0.2, 0.25) is 29.5 Å². The molecule has 3 aliphatic rings. The van der Waals surface area contributed by atoms with Crippen LogP contribution in [0.2, 0.25) is 0 Å². The maximum Gasteiger partial charge on any atom is 0.246 e. The summed E-state index contributed by atoms with van der Waals surface area (Å²) < 4.78 is 31.8. The third-order valence-corrected chi connectivity index (χ3v) is 15.2. The van der Waals surface area contributed by atoms with E-state index in [4.69, 9.17) is 14.2 Å². The molecule has 1 aliphatic carbocycles. The minimum Gasteiger partial charge on any atom is -0.495 e. The van der Waals surface area contributed by atoms with Gasteiger partial charge < -0.3 is 50.4 Å². The van der Waals surface area contributed by atoms with E-state index in [1.165, 1.54) is 29.2 Å². The van der Waals surface area contributed by atoms with Gasteiger partial charge in [0.25, 0.3) is 0 Å². The maximum atomic E-state index is 14.2. The van der Waals surface area contributed by atoms with E-state index < -0.39 is 52.6 Å². The Morgan fingerprint density at radius 1 is 0.882 bits per heavy atom. The van der Waals surface area contributed by atoms with E-state index in [0.717, 1.165) is 32.8 Å². The highest BCUT2D eigenvalue weighted by molar-refractivity contribution is 7.13. The van der Waals surface area contributed by atoms with Crippen LogP contribution in [-0.4, -0.2) is 107 Å². The predicted molar refractivity (Wildman–Crippen MR) is 288 cm³/mol. The number of amides is 5. The number of fused-ring (bicyclic) bond motifs is 1. The molecule has 17 nitrogen and oxygen atoms in total. The Morgan fingerprint density at radius 2 is 1.55 bits per heavy atom. The van der Waals surface area contributed by atoms with Crippen molar-refractivity contribution in [3.8, 4) is 27.7 Å². The van der Waals surface area contributed by atoms with Crippen molar-refractivity contribution in [2.75, 3.05) is 48.9 Å². The predicted octanol–water partition coefficient (Wildman–Crippen LogP) is 8.15. The average molecular weight is 1060 g/mol. The Kier molecular flexibility index (Phi) is 16.0. The van der Waals surface area contributed by atoms with Gasteiger partial charge in [0, 0.05) is 62.0 Å². The lowest BCUT2D eigenvalue weighted by atomic mass is 9.85. The number of methoxy groups -OCH3 is 1. The monoisotopic (exact) mass is 1050 g/mol. The first-order valence-corrected chi connectivity index (χ1v) is 26.4. The lowest BCUT2D eigenvalue weighted by Gasteiger charge is -2.35. The molecule has 2 saturated heterocycles. The Balaban J connectivity index is 0.740. The molecule has 3 fully saturated rings. The number of carbonyl (C=O) groups excluding carboxylic acids is 5. The average Bonchev–Trinajstić information content (AvgIpc) is 3.99. The molecule has 0 radical (unpaired) electrons. The van der Waals surface area contributed by atoms with Gasteiger partial charge in [0.1, 0.15) is 40.6 Å². The standard InChI is InChI=1S/C57H63FN8O9S/c1-34-50(76-33-61-34)36-8-6-35(7-9-36)31-60-52(69)46-28-40(67)32-66(46)53(70)51(56(2,3)4)64-49(68)21-27-74-41-19-25-65(26-20-41)45-30-44-43(29-48(45)73-5)47(18-24-59-44)75-42-16-14-39(15-17-42)63-55(72)57(22-23-57)54(71)62-38-12-10-37(58)11-13-38/h6-18,24,29-30,33,40-41,46,51,67H,19-23,25-28,31-32H2,1-5H3,(H,60,69)(H,62,71)(H,63,72)(H,64,68)/t40-,46?,51-/m1/s1. The van der Waals surface area contributed by atoms with Gasteiger partial charge in [-0.25, -0.2) is 9.37 Å². The maximum absolute atomic E-state index is 14.2. The molecule has 398 valence electrons. The summed E-state index contributed by atoms with van der Waals surface area (Å²) in [4.78, 5) is 81.1. The number of aliphatic hydroxyl groups is 1. The van der Waals surface area contributed by atoms with E-state index in [0.29, 0.717) is 72.9 Å². The summed E-state index contributed by atoms with van der Waals surface area (Å²) in [5, 5.41) is 22.8. The number of piperidine rings is 1. The second-order valence-electron chi connectivity index (χ2n) is 20.7. The van der Waals surface area contributed by atoms with E-state index in [1.54, 1.807) is 55.0 Å². The van der Waals surface area contributed by atoms with Crippen LogP contribution in [0.5, 0.6) is 17.2 Å². The van der Waals surface area contributed by atoms with E-state index in [1.807, 2.05) is 69.6 Å². The Bertz CT molecular complexity index is 3080. The summed E-state index contributed by atoms with van der Waals surface area (Å²) in [5.74, 6) is -0.717. The number of thiazole rings is 1. The fourth-order valence-electron chi connectivity index (χ4n) is 9.68. The number of aliphatic hydroxyl groups excluding tert-OH is 1. The minimum absolute atomic E-state index is 0.0168. The highest BCUT2D eigenvalue weighted by atomic mass is 32.1. The normalized spacial score (nSPS) is 17.7. The van der Waals surface area contributed by atoms with Crippen LogP contribution >= 0.6 is 11.3 Å². The molecular formula is C57H63FN8O9S. The van der Waals surface area contributed by atoms with Gasteiger partial charge in [-0.05, 0) is 116 Å². The number of likely N-dealkylation sites (tertiary alicyclic amines) is 1. The van der Waals surface area contributed by atoms with Gasteiger partial charge in [-0.15, -0.1) is 11.3 Å². The summed E-state index contributed by atoms with van der Waals surface area (Å²) in [5.41, 5.74) is 5.29. The molecule has 9 rings (SSSR count). The van der Waals surface area contributed by atoms with Gasteiger partial charge in [-0.1, -0.05) is 45.0 Å². The molecule has 1 saturated carbocycles. The molecule has 0 bridgehead atoms. The topological polar surface area (TPSA) is 214 Å². The van der Waals surface area contributed by atoms with Gasteiger partial charge in [-0.3, -0.25) is 29.0 Å². The third-order valence-electron chi connectivity index (χ3n) is 14.2. The van der Waals surface area contributed by atoms with E-state index in [-0.39, 0.29) is 50.5 Å². The number of benzene rings is 4. The zero-order chi connectivity index (χ0) is 53.7. The molecule has 3 atom stereocenters. The van der Waals surface area contributed by atoms with Crippen LogP contribution in [0.4, 0.5) is 21.5 Å². The van der Waals surface area contributed by atoms with Gasteiger partial charge in [0.15, 0.2) is 0 Å². The van der Waals surface area contributed by atoms with Crippen LogP contribution in [0, 0.1) is 23.6 Å². The Labute approximate surface area is 444 Å². The number of ether oxygens (including phenoxy) is 3. The largest absolute Gasteiger partial charge is 0.495 e.